The molecule has 0 atom stereocenters. The van der Waals surface area contributed by atoms with Crippen LogP contribution in [0.25, 0.3) is 0 Å². The number of benzene rings is 1. The Morgan fingerprint density at radius 1 is 1.33 bits per heavy atom. The largest absolute Gasteiger partial charge is 0.370 e. The smallest absolute Gasteiger partial charge is 0.224 e. The number of nitrogens with two attached hydrogens (primary N) is 2. The van der Waals surface area contributed by atoms with Crippen LogP contribution in [0.4, 0.5) is 11.4 Å². The second kappa shape index (κ2) is 4.99. The minimum absolute atomic E-state index is 0.0142. The number of hydrogen-bond acceptors (Lipinski definition) is 2. The van der Waals surface area contributed by atoms with Gasteiger partial charge < -0.3 is 16.8 Å². The molecule has 0 aliphatic rings. The van der Waals surface area contributed by atoms with Crippen molar-refractivity contribution in [1.82, 2.24) is 0 Å². The van der Waals surface area contributed by atoms with Crippen LogP contribution >= 0.6 is 0 Å². The van der Waals surface area contributed by atoms with Crippen LogP contribution in [-0.4, -0.2) is 11.9 Å². The Morgan fingerprint density at radius 3 is 2.40 bits per heavy atom. The molecule has 5 heteroatoms. The predicted molar refractivity (Wildman–Crippen MR) is 60.8 cm³/mol. The van der Waals surface area contributed by atoms with Crippen LogP contribution in [0.15, 0.2) is 29.3 Å². The Morgan fingerprint density at radius 2 is 1.93 bits per heavy atom. The first-order valence-electron chi connectivity index (χ1n) is 4.61. The van der Waals surface area contributed by atoms with E-state index in [-0.39, 0.29) is 11.9 Å². The molecule has 15 heavy (non-hydrogen) atoms. The maximum absolute atomic E-state index is 11.1. The van der Waals surface area contributed by atoms with Gasteiger partial charge in [-0.3, -0.25) is 4.79 Å². The number of carbonyl (C=O) groups is 1. The molecular weight excluding hydrogens is 192 g/mol. The molecule has 0 aliphatic carbocycles. The zero-order valence-electron chi connectivity index (χ0n) is 8.53. The van der Waals surface area contributed by atoms with Gasteiger partial charge in [0.05, 0.1) is 5.69 Å². The molecule has 1 rings (SSSR count). The fourth-order valence-electron chi connectivity index (χ4n) is 1.02. The van der Waals surface area contributed by atoms with E-state index in [0.29, 0.717) is 12.1 Å². The fourth-order valence-corrected chi connectivity index (χ4v) is 1.02. The monoisotopic (exact) mass is 206 g/mol. The highest BCUT2D eigenvalue weighted by atomic mass is 16.1. The van der Waals surface area contributed by atoms with Gasteiger partial charge in [0, 0.05) is 12.1 Å². The lowest BCUT2D eigenvalue weighted by Crippen LogP contribution is -2.21. The van der Waals surface area contributed by atoms with Crippen molar-refractivity contribution in [1.29, 1.82) is 0 Å². The van der Waals surface area contributed by atoms with Gasteiger partial charge in [0.15, 0.2) is 5.96 Å². The highest BCUT2D eigenvalue weighted by Gasteiger charge is 1.98. The van der Waals surface area contributed by atoms with Gasteiger partial charge in [0.1, 0.15) is 0 Å². The quantitative estimate of drug-likeness (QED) is 0.507. The maximum atomic E-state index is 11.1. The molecule has 0 aliphatic heterocycles. The van der Waals surface area contributed by atoms with Crippen molar-refractivity contribution in [2.24, 2.45) is 16.5 Å². The van der Waals surface area contributed by atoms with Crippen LogP contribution < -0.4 is 16.8 Å². The van der Waals surface area contributed by atoms with E-state index in [0.717, 1.165) is 5.69 Å². The number of rotatable bonds is 3. The van der Waals surface area contributed by atoms with E-state index >= 15 is 0 Å². The molecule has 0 saturated carbocycles. The van der Waals surface area contributed by atoms with Gasteiger partial charge in [-0.25, -0.2) is 4.99 Å². The van der Waals surface area contributed by atoms with Crippen molar-refractivity contribution >= 4 is 23.2 Å². The summed E-state index contributed by atoms with van der Waals surface area (Å²) >= 11 is 0. The molecule has 80 valence electrons. The highest BCUT2D eigenvalue weighted by molar-refractivity contribution is 5.90. The molecule has 0 radical (unpaired) electrons. The van der Waals surface area contributed by atoms with E-state index in [9.17, 15) is 4.79 Å². The van der Waals surface area contributed by atoms with Gasteiger partial charge in [0.2, 0.25) is 5.91 Å². The summed E-state index contributed by atoms with van der Waals surface area (Å²) in [6.45, 7) is 1.79. The Labute approximate surface area is 88.2 Å². The number of nitrogens with zero attached hydrogens (tertiary/aromatic N) is 1. The van der Waals surface area contributed by atoms with Crippen molar-refractivity contribution in [3.8, 4) is 0 Å². The molecule has 1 aromatic rings. The summed E-state index contributed by atoms with van der Waals surface area (Å²) in [6, 6.07) is 6.95. The topological polar surface area (TPSA) is 93.5 Å². The molecule has 5 nitrogen and oxygen atoms in total. The molecule has 0 heterocycles. The molecule has 5 N–H and O–H groups in total. The molecule has 0 unspecified atom stereocenters. The number of hydrogen-bond donors (Lipinski definition) is 3. The molecule has 0 bridgehead atoms. The first kappa shape index (κ1) is 11.0. The average molecular weight is 206 g/mol. The number of aliphatic imine (C=N–C) groups is 1. The normalized spacial score (nSPS) is 9.40. The maximum Gasteiger partial charge on any atom is 0.224 e. The van der Waals surface area contributed by atoms with Crippen LogP contribution in [0, 0.1) is 0 Å². The number of amides is 1. The van der Waals surface area contributed by atoms with Crippen LogP contribution in [-0.2, 0) is 4.79 Å². The van der Waals surface area contributed by atoms with E-state index in [4.69, 9.17) is 11.5 Å². The third kappa shape index (κ3) is 3.68. The number of nitrogens with one attached hydrogen (secondary N) is 1. The Kier molecular flexibility index (Phi) is 3.68. The summed E-state index contributed by atoms with van der Waals surface area (Å²) in [5.74, 6) is -0.00932. The fraction of sp³-hybridized carbons (Fsp3) is 0.200. The molecule has 1 aromatic carbocycles. The van der Waals surface area contributed by atoms with E-state index < -0.39 is 0 Å². The summed E-state index contributed by atoms with van der Waals surface area (Å²) in [4.78, 5) is 14.9. The van der Waals surface area contributed by atoms with Gasteiger partial charge in [-0.05, 0) is 24.3 Å². The van der Waals surface area contributed by atoms with E-state index in [1.165, 1.54) is 0 Å². The molecule has 0 spiro atoms. The number of anilines is 1. The molecule has 0 saturated heterocycles. The zero-order chi connectivity index (χ0) is 11.3. The highest BCUT2D eigenvalue weighted by Crippen LogP contribution is 2.15. The first-order valence-corrected chi connectivity index (χ1v) is 4.61. The minimum Gasteiger partial charge on any atom is -0.370 e. The van der Waals surface area contributed by atoms with Crippen molar-refractivity contribution in [3.05, 3.63) is 24.3 Å². The van der Waals surface area contributed by atoms with Crippen LogP contribution in [0.1, 0.15) is 13.3 Å². The average Bonchev–Trinajstić information content (AvgIpc) is 2.20. The molecular formula is C10H14N4O. The van der Waals surface area contributed by atoms with Gasteiger partial charge >= 0.3 is 0 Å². The van der Waals surface area contributed by atoms with Crippen molar-refractivity contribution in [2.75, 3.05) is 5.32 Å². The van der Waals surface area contributed by atoms with Crippen molar-refractivity contribution in [3.63, 3.8) is 0 Å². The lowest BCUT2D eigenvalue weighted by Gasteiger charge is -2.03. The minimum atomic E-state index is -0.0235. The van der Waals surface area contributed by atoms with Gasteiger partial charge in [-0.15, -0.1) is 0 Å². The SMILES string of the molecule is CCC(=O)Nc1ccc(N=C(N)N)cc1. The summed E-state index contributed by atoms with van der Waals surface area (Å²) in [5, 5.41) is 2.72. The van der Waals surface area contributed by atoms with Crippen LogP contribution in [0.5, 0.6) is 0 Å². The second-order valence-electron chi connectivity index (χ2n) is 2.99. The van der Waals surface area contributed by atoms with Gasteiger partial charge in [-0.1, -0.05) is 6.92 Å². The third-order valence-electron chi connectivity index (χ3n) is 1.73. The van der Waals surface area contributed by atoms with Gasteiger partial charge in [0.25, 0.3) is 0 Å². The number of carbonyl (C=O) groups excluding carboxylic acids is 1. The summed E-state index contributed by atoms with van der Waals surface area (Å²) in [5.41, 5.74) is 11.8. The molecule has 0 fully saturated rings. The lowest BCUT2D eigenvalue weighted by atomic mass is 10.3. The Bertz CT molecular complexity index is 366. The standard InChI is InChI=1S/C10H14N4O/c1-2-9(15)13-7-3-5-8(6-4-7)14-10(11)12/h3-6H,2H2,1H3,(H,13,15)(H4,11,12,14). The van der Waals surface area contributed by atoms with E-state index in [1.807, 2.05) is 0 Å². The summed E-state index contributed by atoms with van der Waals surface area (Å²) in [6.07, 6.45) is 0.454. The molecule has 0 aromatic heterocycles. The number of guanidine groups is 1. The van der Waals surface area contributed by atoms with E-state index in [1.54, 1.807) is 31.2 Å². The predicted octanol–water partition coefficient (Wildman–Crippen LogP) is 0.940. The zero-order valence-corrected chi connectivity index (χ0v) is 8.53. The lowest BCUT2D eigenvalue weighted by molar-refractivity contribution is -0.115. The molecule has 1 amide bonds. The van der Waals surface area contributed by atoms with E-state index in [2.05, 4.69) is 10.3 Å². The Hall–Kier alpha value is -2.04. The van der Waals surface area contributed by atoms with Crippen molar-refractivity contribution < 1.29 is 4.79 Å². The summed E-state index contributed by atoms with van der Waals surface area (Å²) < 4.78 is 0. The summed E-state index contributed by atoms with van der Waals surface area (Å²) in [7, 11) is 0. The van der Waals surface area contributed by atoms with Crippen LogP contribution in [0.3, 0.4) is 0 Å². The van der Waals surface area contributed by atoms with Crippen molar-refractivity contribution in [2.45, 2.75) is 13.3 Å². The first-order chi connectivity index (χ1) is 7.11. The third-order valence-corrected chi connectivity index (χ3v) is 1.73. The Balaban J connectivity index is 2.72. The van der Waals surface area contributed by atoms with Crippen LogP contribution in [0.2, 0.25) is 0 Å². The second-order valence-corrected chi connectivity index (χ2v) is 2.99. The van der Waals surface area contributed by atoms with Gasteiger partial charge in [-0.2, -0.15) is 0 Å².